The van der Waals surface area contributed by atoms with Gasteiger partial charge in [-0.1, -0.05) is 54.6 Å². The quantitative estimate of drug-likeness (QED) is 0.477. The number of carbonyl (C=O) groups excluding carboxylic acids is 1. The van der Waals surface area contributed by atoms with E-state index >= 15 is 0 Å². The number of allylic oxidation sites excluding steroid dienone is 3. The molecular weight excluding hydrogens is 447 g/mol. The Hall–Kier alpha value is -4.14. The summed E-state index contributed by atoms with van der Waals surface area (Å²) in [6, 6.07) is 19.0. The predicted molar refractivity (Wildman–Crippen MR) is 129 cm³/mol. The van der Waals surface area contributed by atoms with Crippen LogP contribution in [0.3, 0.4) is 0 Å². The first-order valence-electron chi connectivity index (χ1n) is 11.1. The van der Waals surface area contributed by atoms with Crippen LogP contribution in [-0.2, 0) is 11.4 Å². The second kappa shape index (κ2) is 9.25. The number of benzene rings is 3. The smallest absolute Gasteiger partial charge is 0.488 e. The van der Waals surface area contributed by atoms with Crippen molar-refractivity contribution in [3.8, 4) is 11.5 Å². The van der Waals surface area contributed by atoms with Crippen molar-refractivity contribution in [1.29, 1.82) is 0 Å². The summed E-state index contributed by atoms with van der Waals surface area (Å²) in [5.41, 5.74) is 2.87. The van der Waals surface area contributed by atoms with Crippen molar-refractivity contribution in [3.05, 3.63) is 113 Å². The minimum absolute atomic E-state index is 0.186. The van der Waals surface area contributed by atoms with Gasteiger partial charge in [-0.2, -0.15) is 0 Å². The first kappa shape index (κ1) is 22.6. The number of hydrogen-bond donors (Lipinski definition) is 3. The van der Waals surface area contributed by atoms with E-state index in [2.05, 4.69) is 0 Å². The summed E-state index contributed by atoms with van der Waals surface area (Å²) < 4.78 is 12.0. The van der Waals surface area contributed by atoms with Crippen LogP contribution in [-0.4, -0.2) is 34.0 Å². The van der Waals surface area contributed by atoms with Crippen molar-refractivity contribution in [3.63, 3.8) is 0 Å². The third kappa shape index (κ3) is 4.49. The number of hydrogen-bond acceptors (Lipinski definition) is 6. The number of rotatable bonds is 6. The van der Waals surface area contributed by atoms with Gasteiger partial charge in [0.1, 0.15) is 23.9 Å². The van der Waals surface area contributed by atoms with E-state index in [1.54, 1.807) is 66.7 Å². The molecule has 174 valence electrons. The standard InChI is InChI=1S/C27H21BO7/c29-18-9-11-22-24(13-18)35-25-14-19(34-15-16-5-7-17(8-6-16)28(32)33)10-12-23(25)26(22)20-3-1-2-4-21(20)27(30)31/h1-14,22,26,32-33H,15H2,(H,30,31). The Morgan fingerprint density at radius 3 is 2.51 bits per heavy atom. The van der Waals surface area contributed by atoms with Gasteiger partial charge in [-0.05, 0) is 34.8 Å². The van der Waals surface area contributed by atoms with Gasteiger partial charge in [-0.15, -0.1) is 0 Å². The molecule has 3 N–H and O–H groups in total. The molecular formula is C27H21BO7. The van der Waals surface area contributed by atoms with Gasteiger partial charge in [0.15, 0.2) is 5.78 Å². The summed E-state index contributed by atoms with van der Waals surface area (Å²) in [5, 5.41) is 28.3. The zero-order chi connectivity index (χ0) is 24.5. The maximum Gasteiger partial charge on any atom is 0.488 e. The molecule has 7 nitrogen and oxygen atoms in total. The fourth-order valence-electron chi connectivity index (χ4n) is 4.50. The highest BCUT2D eigenvalue weighted by Gasteiger charge is 2.38. The number of ether oxygens (including phenoxy) is 2. The third-order valence-corrected chi connectivity index (χ3v) is 6.20. The minimum atomic E-state index is -1.53. The van der Waals surface area contributed by atoms with E-state index in [1.165, 1.54) is 12.2 Å². The Balaban J connectivity index is 1.48. The lowest BCUT2D eigenvalue weighted by Gasteiger charge is -2.35. The molecule has 2 atom stereocenters. The van der Waals surface area contributed by atoms with Crippen LogP contribution < -0.4 is 14.9 Å². The maximum absolute atomic E-state index is 12.0. The lowest BCUT2D eigenvalue weighted by atomic mass is 9.74. The van der Waals surface area contributed by atoms with Crippen molar-refractivity contribution in [2.45, 2.75) is 12.5 Å². The molecule has 1 aliphatic carbocycles. The second-order valence-corrected chi connectivity index (χ2v) is 8.41. The van der Waals surface area contributed by atoms with E-state index < -0.39 is 13.1 Å². The van der Waals surface area contributed by atoms with Crippen molar-refractivity contribution < 1.29 is 34.2 Å². The highest BCUT2D eigenvalue weighted by molar-refractivity contribution is 6.58. The molecule has 0 saturated carbocycles. The van der Waals surface area contributed by atoms with E-state index in [0.29, 0.717) is 28.3 Å². The SMILES string of the molecule is O=C1C=CC2C(=C1)Oc1cc(OCc3ccc(B(O)O)cc3)ccc1C2c1ccccc1C(=O)O. The van der Waals surface area contributed by atoms with Crippen molar-refractivity contribution >= 4 is 24.3 Å². The van der Waals surface area contributed by atoms with Gasteiger partial charge >= 0.3 is 13.1 Å². The average Bonchev–Trinajstić information content (AvgIpc) is 2.86. The molecule has 0 saturated heterocycles. The van der Waals surface area contributed by atoms with E-state index in [1.807, 2.05) is 6.07 Å². The Kier molecular flexibility index (Phi) is 5.99. The molecule has 5 rings (SSSR count). The first-order valence-corrected chi connectivity index (χ1v) is 11.1. The number of carboxylic acid groups (broad SMARTS) is 1. The molecule has 3 aromatic carbocycles. The Labute approximate surface area is 201 Å². The van der Waals surface area contributed by atoms with Crippen molar-refractivity contribution in [2.75, 3.05) is 0 Å². The molecule has 2 unspecified atom stereocenters. The largest absolute Gasteiger partial charge is 0.489 e. The van der Waals surface area contributed by atoms with Crippen LogP contribution in [0.25, 0.3) is 0 Å². The molecule has 3 aromatic rings. The summed E-state index contributed by atoms with van der Waals surface area (Å²) in [4.78, 5) is 24.0. The van der Waals surface area contributed by atoms with Gasteiger partial charge in [0.2, 0.25) is 0 Å². The predicted octanol–water partition coefficient (Wildman–Crippen LogP) is 2.81. The Bertz CT molecular complexity index is 1360. The summed E-state index contributed by atoms with van der Waals surface area (Å²) in [7, 11) is -1.53. The first-order chi connectivity index (χ1) is 16.9. The minimum Gasteiger partial charge on any atom is -0.489 e. The van der Waals surface area contributed by atoms with Gasteiger partial charge in [0.05, 0.1) is 5.56 Å². The summed E-state index contributed by atoms with van der Waals surface area (Å²) in [5.74, 6) is -0.371. The average molecular weight is 468 g/mol. The maximum atomic E-state index is 12.0. The van der Waals surface area contributed by atoms with Crippen LogP contribution in [0.1, 0.15) is 33.0 Å². The van der Waals surface area contributed by atoms with E-state index in [4.69, 9.17) is 9.47 Å². The fraction of sp³-hybridized carbons (Fsp3) is 0.111. The van der Waals surface area contributed by atoms with E-state index in [-0.39, 0.29) is 29.8 Å². The van der Waals surface area contributed by atoms with Crippen molar-refractivity contribution in [2.24, 2.45) is 5.92 Å². The number of ketones is 1. The molecule has 0 fully saturated rings. The molecule has 0 radical (unpaired) electrons. The topological polar surface area (TPSA) is 113 Å². The van der Waals surface area contributed by atoms with Gasteiger partial charge in [-0.3, -0.25) is 4.79 Å². The van der Waals surface area contributed by atoms with Gasteiger partial charge in [0, 0.05) is 29.5 Å². The molecule has 0 amide bonds. The molecule has 0 bridgehead atoms. The molecule has 1 aliphatic heterocycles. The Morgan fingerprint density at radius 1 is 1.00 bits per heavy atom. The number of carboxylic acids is 1. The highest BCUT2D eigenvalue weighted by Crippen LogP contribution is 2.48. The summed E-state index contributed by atoms with van der Waals surface area (Å²) >= 11 is 0. The molecule has 8 heteroatoms. The van der Waals surface area contributed by atoms with Gasteiger partial charge in [0.25, 0.3) is 0 Å². The monoisotopic (exact) mass is 468 g/mol. The van der Waals surface area contributed by atoms with Crippen LogP contribution >= 0.6 is 0 Å². The lowest BCUT2D eigenvalue weighted by molar-refractivity contribution is -0.110. The van der Waals surface area contributed by atoms with Crippen LogP contribution in [0.4, 0.5) is 0 Å². The van der Waals surface area contributed by atoms with E-state index in [9.17, 15) is 24.7 Å². The zero-order valence-corrected chi connectivity index (χ0v) is 18.5. The molecule has 1 heterocycles. The molecule has 0 spiro atoms. The number of fused-ring (bicyclic) bond motifs is 2. The highest BCUT2D eigenvalue weighted by atomic mass is 16.5. The normalized spacial score (nSPS) is 18.1. The molecule has 0 aromatic heterocycles. The van der Waals surface area contributed by atoms with Crippen LogP contribution in [0.15, 0.2) is 90.7 Å². The van der Waals surface area contributed by atoms with E-state index in [0.717, 1.165) is 11.1 Å². The summed E-state index contributed by atoms with van der Waals surface area (Å²) in [6.45, 7) is 0.248. The summed E-state index contributed by atoms with van der Waals surface area (Å²) in [6.07, 6.45) is 4.69. The second-order valence-electron chi connectivity index (χ2n) is 8.41. The van der Waals surface area contributed by atoms with Gasteiger partial charge in [-0.25, -0.2) is 4.79 Å². The zero-order valence-electron chi connectivity index (χ0n) is 18.5. The molecule has 2 aliphatic rings. The van der Waals surface area contributed by atoms with Crippen molar-refractivity contribution in [1.82, 2.24) is 0 Å². The van der Waals surface area contributed by atoms with Crippen LogP contribution in [0.5, 0.6) is 11.5 Å². The lowest BCUT2D eigenvalue weighted by Crippen LogP contribution is -2.29. The number of carbonyl (C=O) groups is 2. The van der Waals surface area contributed by atoms with Gasteiger partial charge < -0.3 is 24.6 Å². The van der Waals surface area contributed by atoms with Crippen LogP contribution in [0.2, 0.25) is 0 Å². The number of aromatic carboxylic acids is 1. The fourth-order valence-corrected chi connectivity index (χ4v) is 4.50. The molecule has 35 heavy (non-hydrogen) atoms. The Morgan fingerprint density at radius 2 is 1.77 bits per heavy atom. The van der Waals surface area contributed by atoms with Crippen LogP contribution in [0, 0.1) is 5.92 Å². The third-order valence-electron chi connectivity index (χ3n) is 6.20.